The van der Waals surface area contributed by atoms with Crippen LogP contribution in [-0.2, 0) is 6.61 Å². The molecule has 5 aromatic rings. The summed E-state index contributed by atoms with van der Waals surface area (Å²) in [6, 6.07) is 28.0. The van der Waals surface area contributed by atoms with Crippen LogP contribution in [0, 0.1) is 6.92 Å². The van der Waals surface area contributed by atoms with Gasteiger partial charge in [-0.25, -0.2) is 9.50 Å². The summed E-state index contributed by atoms with van der Waals surface area (Å²) in [5.74, 6) is 0.830. The van der Waals surface area contributed by atoms with E-state index in [-0.39, 0.29) is 0 Å². The Kier molecular flexibility index (Phi) is 5.14. The van der Waals surface area contributed by atoms with Crippen LogP contribution in [0.4, 0.5) is 0 Å². The zero-order valence-corrected chi connectivity index (χ0v) is 17.8. The number of hydrogen-bond donors (Lipinski definition) is 0. The van der Waals surface area contributed by atoms with Crippen molar-refractivity contribution in [2.45, 2.75) is 13.5 Å². The lowest BCUT2D eigenvalue weighted by atomic mass is 10.1. The van der Waals surface area contributed by atoms with Gasteiger partial charge in [0.15, 0.2) is 5.65 Å². The number of benzene rings is 3. The van der Waals surface area contributed by atoms with Crippen molar-refractivity contribution in [2.24, 2.45) is 0 Å². The molecule has 2 heterocycles. The van der Waals surface area contributed by atoms with E-state index in [1.165, 1.54) is 0 Å². The smallest absolute Gasteiger partial charge is 0.163 e. The van der Waals surface area contributed by atoms with Crippen LogP contribution in [0.3, 0.4) is 0 Å². The zero-order valence-electron chi connectivity index (χ0n) is 17.0. The van der Waals surface area contributed by atoms with Crippen LogP contribution in [0.15, 0.2) is 91.1 Å². The normalized spacial score (nSPS) is 11.0. The minimum atomic E-state index is 0.544. The molecular formula is C26H20ClN3O. The molecule has 0 bridgehead atoms. The highest BCUT2D eigenvalue weighted by Gasteiger charge is 2.15. The molecule has 0 aliphatic carbocycles. The highest BCUT2D eigenvalue weighted by Crippen LogP contribution is 2.31. The summed E-state index contributed by atoms with van der Waals surface area (Å²) in [4.78, 5) is 4.61. The first kappa shape index (κ1) is 19.3. The Morgan fingerprint density at radius 1 is 0.839 bits per heavy atom. The topological polar surface area (TPSA) is 39.4 Å². The summed E-state index contributed by atoms with van der Waals surface area (Å²) >= 11 is 6.06. The largest absolute Gasteiger partial charge is 0.489 e. The third kappa shape index (κ3) is 3.90. The van der Waals surface area contributed by atoms with E-state index >= 15 is 0 Å². The van der Waals surface area contributed by atoms with Crippen molar-refractivity contribution >= 4 is 17.2 Å². The molecule has 0 N–H and O–H groups in total. The van der Waals surface area contributed by atoms with Gasteiger partial charge in [0.2, 0.25) is 0 Å². The number of fused-ring (bicyclic) bond motifs is 1. The predicted octanol–water partition coefficient (Wildman–Crippen LogP) is 6.60. The molecule has 5 rings (SSSR count). The number of ether oxygens (including phenoxy) is 1. The van der Waals surface area contributed by atoms with Gasteiger partial charge in [-0.05, 0) is 60.5 Å². The second kappa shape index (κ2) is 8.25. The van der Waals surface area contributed by atoms with E-state index in [0.717, 1.165) is 45.0 Å². The zero-order chi connectivity index (χ0) is 21.2. The van der Waals surface area contributed by atoms with E-state index in [9.17, 15) is 0 Å². The summed E-state index contributed by atoms with van der Waals surface area (Å²) in [5.41, 5.74) is 6.97. The molecule has 0 unspecified atom stereocenters. The van der Waals surface area contributed by atoms with Crippen LogP contribution < -0.4 is 4.74 Å². The van der Waals surface area contributed by atoms with Gasteiger partial charge in [0.05, 0.1) is 11.4 Å². The lowest BCUT2D eigenvalue weighted by Gasteiger charge is -2.09. The van der Waals surface area contributed by atoms with Crippen molar-refractivity contribution in [3.8, 4) is 28.1 Å². The van der Waals surface area contributed by atoms with Gasteiger partial charge < -0.3 is 4.74 Å². The Bertz CT molecular complexity index is 1330. The van der Waals surface area contributed by atoms with E-state index in [2.05, 4.69) is 17.1 Å². The van der Waals surface area contributed by atoms with E-state index in [4.69, 9.17) is 21.4 Å². The summed E-state index contributed by atoms with van der Waals surface area (Å²) in [7, 11) is 0. The maximum Gasteiger partial charge on any atom is 0.163 e. The quantitative estimate of drug-likeness (QED) is 0.318. The lowest BCUT2D eigenvalue weighted by Crippen LogP contribution is -1.97. The number of nitrogens with zero attached hydrogens (tertiary/aromatic N) is 3. The van der Waals surface area contributed by atoms with Crippen LogP contribution in [0.25, 0.3) is 28.0 Å². The predicted molar refractivity (Wildman–Crippen MR) is 124 cm³/mol. The second-order valence-corrected chi connectivity index (χ2v) is 7.77. The molecule has 0 aliphatic rings. The first-order valence-electron chi connectivity index (χ1n) is 10.1. The standard InChI is InChI=1S/C26H20ClN3O/c1-18-25(21-7-11-22(27)12-8-21)26-28-16-15-24(30(26)29-18)20-9-13-23(14-10-20)31-17-19-5-3-2-4-6-19/h2-16H,17H2,1H3. The van der Waals surface area contributed by atoms with E-state index in [0.29, 0.717) is 11.6 Å². The van der Waals surface area contributed by atoms with Gasteiger partial charge in [0, 0.05) is 22.3 Å². The van der Waals surface area contributed by atoms with E-state index < -0.39 is 0 Å². The third-order valence-corrected chi connectivity index (χ3v) is 5.48. The molecule has 3 aromatic carbocycles. The fourth-order valence-corrected chi connectivity index (χ4v) is 3.81. The van der Waals surface area contributed by atoms with Crippen LogP contribution in [-0.4, -0.2) is 14.6 Å². The summed E-state index contributed by atoms with van der Waals surface area (Å²) in [6.07, 6.45) is 1.82. The van der Waals surface area contributed by atoms with Gasteiger partial charge in [-0.1, -0.05) is 54.1 Å². The molecule has 152 valence electrons. The molecule has 31 heavy (non-hydrogen) atoms. The van der Waals surface area contributed by atoms with Gasteiger partial charge in [0.1, 0.15) is 12.4 Å². The number of aromatic nitrogens is 3. The van der Waals surface area contributed by atoms with Gasteiger partial charge in [-0.2, -0.15) is 5.10 Å². The average Bonchev–Trinajstić information content (AvgIpc) is 3.15. The fraction of sp³-hybridized carbons (Fsp3) is 0.0769. The Morgan fingerprint density at radius 2 is 1.55 bits per heavy atom. The van der Waals surface area contributed by atoms with Crippen molar-refractivity contribution in [3.05, 3.63) is 107 Å². The maximum absolute atomic E-state index is 6.06. The highest BCUT2D eigenvalue weighted by atomic mass is 35.5. The first-order valence-corrected chi connectivity index (χ1v) is 10.4. The summed E-state index contributed by atoms with van der Waals surface area (Å²) in [6.45, 7) is 2.55. The van der Waals surface area contributed by atoms with Gasteiger partial charge >= 0.3 is 0 Å². The molecule has 0 saturated heterocycles. The minimum absolute atomic E-state index is 0.544. The molecule has 0 amide bonds. The molecule has 0 spiro atoms. The van der Waals surface area contributed by atoms with Crippen molar-refractivity contribution in [1.82, 2.24) is 14.6 Å². The highest BCUT2D eigenvalue weighted by molar-refractivity contribution is 6.30. The first-order chi connectivity index (χ1) is 15.2. The van der Waals surface area contributed by atoms with Crippen molar-refractivity contribution < 1.29 is 4.74 Å². The Hall–Kier alpha value is -3.63. The lowest BCUT2D eigenvalue weighted by molar-refractivity contribution is 0.306. The molecule has 4 nitrogen and oxygen atoms in total. The monoisotopic (exact) mass is 425 g/mol. The van der Waals surface area contributed by atoms with Crippen LogP contribution in [0.1, 0.15) is 11.3 Å². The third-order valence-electron chi connectivity index (χ3n) is 5.22. The number of halogens is 1. The minimum Gasteiger partial charge on any atom is -0.489 e. The molecule has 0 fully saturated rings. The maximum atomic E-state index is 6.06. The number of hydrogen-bond acceptors (Lipinski definition) is 3. The van der Waals surface area contributed by atoms with Crippen molar-refractivity contribution in [1.29, 1.82) is 0 Å². The molecule has 0 radical (unpaired) electrons. The Morgan fingerprint density at radius 3 is 2.29 bits per heavy atom. The molecule has 0 atom stereocenters. The molecular weight excluding hydrogens is 406 g/mol. The van der Waals surface area contributed by atoms with Gasteiger partial charge in [-0.15, -0.1) is 0 Å². The van der Waals surface area contributed by atoms with Crippen LogP contribution in [0.2, 0.25) is 5.02 Å². The van der Waals surface area contributed by atoms with Gasteiger partial charge in [0.25, 0.3) is 0 Å². The fourth-order valence-electron chi connectivity index (χ4n) is 3.69. The SMILES string of the molecule is Cc1nn2c(-c3ccc(OCc4ccccc4)cc3)ccnc2c1-c1ccc(Cl)cc1. The molecule has 0 saturated carbocycles. The van der Waals surface area contributed by atoms with Crippen LogP contribution >= 0.6 is 11.6 Å². The molecule has 2 aromatic heterocycles. The summed E-state index contributed by atoms with van der Waals surface area (Å²) in [5, 5.41) is 5.49. The van der Waals surface area contributed by atoms with Crippen molar-refractivity contribution in [3.63, 3.8) is 0 Å². The number of aryl methyl sites for hydroxylation is 1. The average molecular weight is 426 g/mol. The Balaban J connectivity index is 1.46. The van der Waals surface area contributed by atoms with Crippen LogP contribution in [0.5, 0.6) is 5.75 Å². The number of rotatable bonds is 5. The Labute approximate surface area is 185 Å². The van der Waals surface area contributed by atoms with E-state index in [1.807, 2.05) is 90.4 Å². The molecule has 5 heteroatoms. The second-order valence-electron chi connectivity index (χ2n) is 7.33. The molecule has 0 aliphatic heterocycles. The van der Waals surface area contributed by atoms with E-state index in [1.54, 1.807) is 0 Å². The van der Waals surface area contributed by atoms with Crippen molar-refractivity contribution in [2.75, 3.05) is 0 Å². The summed E-state index contributed by atoms with van der Waals surface area (Å²) < 4.78 is 7.82. The van der Waals surface area contributed by atoms with Gasteiger partial charge in [-0.3, -0.25) is 0 Å².